The number of carboxylic acid groups (broad SMARTS) is 2. The minimum atomic E-state index is -1.42. The molecule has 1 atom stereocenters. The van der Waals surface area contributed by atoms with Gasteiger partial charge in [0.05, 0.1) is 12.1 Å². The van der Waals surface area contributed by atoms with Gasteiger partial charge < -0.3 is 15.5 Å². The number of anilines is 1. The summed E-state index contributed by atoms with van der Waals surface area (Å²) in [5.41, 5.74) is -0.147. The molecule has 0 aliphatic heterocycles. The van der Waals surface area contributed by atoms with Gasteiger partial charge in [0.2, 0.25) is 0 Å². The summed E-state index contributed by atoms with van der Waals surface area (Å²) in [6, 6.07) is 2.13. The van der Waals surface area contributed by atoms with Gasteiger partial charge in [0.25, 0.3) is 0 Å². The third-order valence-corrected chi connectivity index (χ3v) is 2.17. The predicted molar refractivity (Wildman–Crippen MR) is 58.7 cm³/mol. The van der Waals surface area contributed by atoms with E-state index in [1.54, 1.807) is 0 Å². The Morgan fingerprint density at radius 1 is 1.41 bits per heavy atom. The number of benzene rings is 1. The summed E-state index contributed by atoms with van der Waals surface area (Å²) in [7, 11) is 0. The smallest absolute Gasteiger partial charge is 0.326 e. The molecule has 0 saturated heterocycles. The standard InChI is InChI=1S/C10H9ClFNO4/c11-5-1-2-6(12)7(3-5)13-8(10(16)17)4-9(14)15/h1-3,8,13H,4H2,(H,14,15)(H,16,17). The molecule has 0 saturated carbocycles. The minimum absolute atomic E-state index is 0.147. The second kappa shape index (κ2) is 5.49. The van der Waals surface area contributed by atoms with Crippen LogP contribution < -0.4 is 5.32 Å². The van der Waals surface area contributed by atoms with Crippen LogP contribution in [0, 0.1) is 5.82 Å². The second-order valence-electron chi connectivity index (χ2n) is 3.26. The van der Waals surface area contributed by atoms with Crippen molar-refractivity contribution in [3.05, 3.63) is 29.0 Å². The molecule has 0 spiro atoms. The molecule has 1 aromatic rings. The van der Waals surface area contributed by atoms with Crippen molar-refractivity contribution in [3.63, 3.8) is 0 Å². The maximum atomic E-state index is 13.3. The van der Waals surface area contributed by atoms with Gasteiger partial charge in [-0.1, -0.05) is 11.6 Å². The van der Waals surface area contributed by atoms with Crippen molar-refractivity contribution in [2.75, 3.05) is 5.32 Å². The molecule has 5 nitrogen and oxygen atoms in total. The van der Waals surface area contributed by atoms with Crippen LogP contribution >= 0.6 is 11.6 Å². The molecule has 0 heterocycles. The SMILES string of the molecule is O=C(O)CC(Nc1cc(Cl)ccc1F)C(=O)O. The first kappa shape index (κ1) is 13.2. The molecular weight excluding hydrogens is 253 g/mol. The fraction of sp³-hybridized carbons (Fsp3) is 0.200. The zero-order chi connectivity index (χ0) is 13.0. The van der Waals surface area contributed by atoms with Crippen molar-refractivity contribution < 1.29 is 24.2 Å². The van der Waals surface area contributed by atoms with Gasteiger partial charge in [0.15, 0.2) is 0 Å². The Bertz CT molecular complexity index is 452. The van der Waals surface area contributed by atoms with Crippen LogP contribution in [0.3, 0.4) is 0 Å². The molecule has 92 valence electrons. The Balaban J connectivity index is 2.89. The Labute approximate surface area is 101 Å². The number of nitrogens with one attached hydrogen (secondary N) is 1. The molecule has 3 N–H and O–H groups in total. The summed E-state index contributed by atoms with van der Waals surface area (Å²) in [6.07, 6.45) is -0.665. The van der Waals surface area contributed by atoms with Crippen LogP contribution in [0.5, 0.6) is 0 Å². The Morgan fingerprint density at radius 3 is 2.59 bits per heavy atom. The van der Waals surface area contributed by atoms with Gasteiger partial charge in [-0.25, -0.2) is 9.18 Å². The molecule has 0 aliphatic rings. The zero-order valence-corrected chi connectivity index (χ0v) is 9.24. The van der Waals surface area contributed by atoms with Crippen molar-refractivity contribution in [2.24, 2.45) is 0 Å². The number of aliphatic carboxylic acids is 2. The Morgan fingerprint density at radius 2 is 2.06 bits per heavy atom. The van der Waals surface area contributed by atoms with Crippen LogP contribution in [0.1, 0.15) is 6.42 Å². The molecular formula is C10H9ClFNO4. The fourth-order valence-corrected chi connectivity index (χ4v) is 1.34. The topological polar surface area (TPSA) is 86.6 Å². The summed E-state index contributed by atoms with van der Waals surface area (Å²) in [5, 5.41) is 19.8. The van der Waals surface area contributed by atoms with Crippen molar-refractivity contribution >= 4 is 29.2 Å². The highest BCUT2D eigenvalue weighted by atomic mass is 35.5. The number of hydrogen-bond acceptors (Lipinski definition) is 3. The second-order valence-corrected chi connectivity index (χ2v) is 3.69. The lowest BCUT2D eigenvalue weighted by molar-refractivity contribution is -0.144. The predicted octanol–water partition coefficient (Wildman–Crippen LogP) is 1.82. The minimum Gasteiger partial charge on any atom is -0.481 e. The van der Waals surface area contributed by atoms with E-state index in [2.05, 4.69) is 5.32 Å². The van der Waals surface area contributed by atoms with Crippen molar-refractivity contribution in [1.82, 2.24) is 0 Å². The third-order valence-electron chi connectivity index (χ3n) is 1.93. The molecule has 0 fully saturated rings. The van der Waals surface area contributed by atoms with Crippen LogP contribution in [0.15, 0.2) is 18.2 Å². The molecule has 0 bridgehead atoms. The first-order valence-corrected chi connectivity index (χ1v) is 4.94. The number of carbonyl (C=O) groups is 2. The number of halogens is 2. The molecule has 0 aliphatic carbocycles. The third kappa shape index (κ3) is 3.92. The van der Waals surface area contributed by atoms with Gasteiger partial charge >= 0.3 is 11.9 Å². The molecule has 0 amide bonds. The van der Waals surface area contributed by atoms with E-state index in [1.165, 1.54) is 12.1 Å². The maximum Gasteiger partial charge on any atom is 0.326 e. The molecule has 1 rings (SSSR count). The van der Waals surface area contributed by atoms with Gasteiger partial charge in [0.1, 0.15) is 11.9 Å². The number of hydrogen-bond donors (Lipinski definition) is 3. The van der Waals surface area contributed by atoms with Gasteiger partial charge in [-0.05, 0) is 18.2 Å². The molecule has 0 aromatic heterocycles. The molecule has 0 radical (unpaired) electrons. The quantitative estimate of drug-likeness (QED) is 0.753. The lowest BCUT2D eigenvalue weighted by atomic mass is 10.2. The van der Waals surface area contributed by atoms with Gasteiger partial charge in [0, 0.05) is 5.02 Å². The van der Waals surface area contributed by atoms with E-state index in [0.29, 0.717) is 0 Å². The normalized spacial score (nSPS) is 11.9. The van der Waals surface area contributed by atoms with E-state index in [4.69, 9.17) is 21.8 Å². The van der Waals surface area contributed by atoms with E-state index in [9.17, 15) is 14.0 Å². The summed E-state index contributed by atoms with van der Waals surface area (Å²) in [4.78, 5) is 21.2. The summed E-state index contributed by atoms with van der Waals surface area (Å²) < 4.78 is 13.3. The average Bonchev–Trinajstić information content (AvgIpc) is 2.21. The Kier molecular flexibility index (Phi) is 4.28. The van der Waals surface area contributed by atoms with Crippen molar-refractivity contribution in [1.29, 1.82) is 0 Å². The van der Waals surface area contributed by atoms with E-state index in [0.717, 1.165) is 6.07 Å². The summed E-state index contributed by atoms with van der Waals surface area (Å²) >= 11 is 5.62. The van der Waals surface area contributed by atoms with E-state index >= 15 is 0 Å². The molecule has 1 unspecified atom stereocenters. The lowest BCUT2D eigenvalue weighted by Gasteiger charge is -2.14. The van der Waals surface area contributed by atoms with Crippen LogP contribution in [-0.4, -0.2) is 28.2 Å². The highest BCUT2D eigenvalue weighted by molar-refractivity contribution is 6.30. The maximum absolute atomic E-state index is 13.3. The highest BCUT2D eigenvalue weighted by Gasteiger charge is 2.21. The lowest BCUT2D eigenvalue weighted by Crippen LogP contribution is -2.32. The van der Waals surface area contributed by atoms with Gasteiger partial charge in [-0.3, -0.25) is 4.79 Å². The van der Waals surface area contributed by atoms with E-state index in [-0.39, 0.29) is 10.7 Å². The Hall–Kier alpha value is -1.82. The fourth-order valence-electron chi connectivity index (χ4n) is 1.17. The first-order valence-electron chi connectivity index (χ1n) is 4.56. The van der Waals surface area contributed by atoms with Crippen molar-refractivity contribution in [2.45, 2.75) is 12.5 Å². The van der Waals surface area contributed by atoms with Crippen LogP contribution in [0.2, 0.25) is 5.02 Å². The van der Waals surface area contributed by atoms with Gasteiger partial charge in [-0.2, -0.15) is 0 Å². The van der Waals surface area contributed by atoms with Crippen molar-refractivity contribution in [3.8, 4) is 0 Å². The molecule has 7 heteroatoms. The van der Waals surface area contributed by atoms with Crippen LogP contribution in [0.4, 0.5) is 10.1 Å². The summed E-state index contributed by atoms with van der Waals surface area (Å²) in [5.74, 6) is -3.38. The van der Waals surface area contributed by atoms with Gasteiger partial charge in [-0.15, -0.1) is 0 Å². The number of rotatable bonds is 5. The highest BCUT2D eigenvalue weighted by Crippen LogP contribution is 2.20. The van der Waals surface area contributed by atoms with E-state index < -0.39 is 30.2 Å². The zero-order valence-electron chi connectivity index (χ0n) is 8.48. The monoisotopic (exact) mass is 261 g/mol. The average molecular weight is 262 g/mol. The van der Waals surface area contributed by atoms with E-state index in [1.807, 2.05) is 0 Å². The van der Waals surface area contributed by atoms with Crippen LogP contribution in [0.25, 0.3) is 0 Å². The first-order chi connectivity index (χ1) is 7.90. The largest absolute Gasteiger partial charge is 0.481 e. The number of carboxylic acids is 2. The van der Waals surface area contributed by atoms with Crippen LogP contribution in [-0.2, 0) is 9.59 Å². The molecule has 1 aromatic carbocycles. The molecule has 17 heavy (non-hydrogen) atoms. The summed E-state index contributed by atoms with van der Waals surface area (Å²) in [6.45, 7) is 0.